The highest BCUT2D eigenvalue weighted by Gasteiger charge is 2.28. The quantitative estimate of drug-likeness (QED) is 0.637. The molecule has 0 fully saturated rings. The molecule has 2 aromatic heterocycles. The van der Waals surface area contributed by atoms with Crippen molar-refractivity contribution in [3.8, 4) is 0 Å². The highest BCUT2D eigenvalue weighted by atomic mass is 35.5. The second-order valence-electron chi connectivity index (χ2n) is 6.25. The summed E-state index contributed by atoms with van der Waals surface area (Å²) in [5.41, 5.74) is 9.27. The van der Waals surface area contributed by atoms with Gasteiger partial charge in [0, 0.05) is 40.3 Å². The number of halogens is 3. The summed E-state index contributed by atoms with van der Waals surface area (Å²) in [5, 5.41) is 5.21. The third kappa shape index (κ3) is 4.87. The van der Waals surface area contributed by atoms with Gasteiger partial charge in [0.05, 0.1) is 18.0 Å². The Balaban J connectivity index is 0.00000156. The van der Waals surface area contributed by atoms with Crippen LogP contribution in [0.4, 0.5) is 0 Å². The molecule has 0 aliphatic rings. The van der Waals surface area contributed by atoms with Crippen LogP contribution < -0.4 is 11.1 Å². The average Bonchev–Trinajstić information content (AvgIpc) is 3.05. The number of nitrogens with one attached hydrogen (secondary N) is 1. The predicted molar refractivity (Wildman–Crippen MR) is 108 cm³/mol. The van der Waals surface area contributed by atoms with Crippen LogP contribution in [0.5, 0.6) is 0 Å². The molecule has 3 rings (SSSR count). The summed E-state index contributed by atoms with van der Waals surface area (Å²) in [6, 6.07) is 9.43. The van der Waals surface area contributed by atoms with E-state index in [1.54, 1.807) is 18.7 Å². The molecule has 7 heteroatoms. The van der Waals surface area contributed by atoms with Gasteiger partial charge in [0.15, 0.2) is 0 Å². The molecule has 0 aliphatic carbocycles. The van der Waals surface area contributed by atoms with E-state index in [0.29, 0.717) is 11.6 Å². The molecule has 0 amide bonds. The molecule has 1 unspecified atom stereocenters. The Hall–Kier alpha value is -1.30. The zero-order chi connectivity index (χ0) is 16.4. The highest BCUT2D eigenvalue weighted by molar-refractivity contribution is 6.31. The van der Waals surface area contributed by atoms with E-state index < -0.39 is 0 Å². The van der Waals surface area contributed by atoms with E-state index in [4.69, 9.17) is 21.8 Å². The smallest absolute Gasteiger partial charge is 0.0947 e. The number of rotatable bonds is 5. The van der Waals surface area contributed by atoms with Crippen molar-refractivity contribution < 1.29 is 4.42 Å². The van der Waals surface area contributed by atoms with E-state index in [0.717, 1.165) is 22.0 Å². The molecule has 1 atom stereocenters. The Kier molecular flexibility index (Phi) is 7.72. The minimum absolute atomic E-state index is 0. The van der Waals surface area contributed by atoms with Crippen molar-refractivity contribution in [1.82, 2.24) is 10.3 Å². The topological polar surface area (TPSA) is 64.1 Å². The van der Waals surface area contributed by atoms with Gasteiger partial charge in [-0.2, -0.15) is 0 Å². The number of nitrogens with two attached hydrogens (primary N) is 1. The number of pyridine rings is 1. The van der Waals surface area contributed by atoms with Crippen LogP contribution in [-0.4, -0.2) is 10.5 Å². The standard InChI is InChI=1S/C18H20ClN3O.2ClH/c1-18(2,22-10-12-6-8-23-11-12)17(20)15-5-7-21-16-9-13(19)3-4-14(15)16;;/h3-9,11,17,22H,10,20H2,1-2H3;2*1H. The molecule has 0 aliphatic heterocycles. The van der Waals surface area contributed by atoms with Crippen molar-refractivity contribution in [3.63, 3.8) is 0 Å². The maximum atomic E-state index is 6.57. The normalized spacial score (nSPS) is 12.3. The van der Waals surface area contributed by atoms with Crippen molar-refractivity contribution in [2.75, 3.05) is 0 Å². The van der Waals surface area contributed by atoms with E-state index in [1.807, 2.05) is 30.3 Å². The largest absolute Gasteiger partial charge is 0.472 e. The monoisotopic (exact) mass is 401 g/mol. The van der Waals surface area contributed by atoms with Crippen LogP contribution in [0.3, 0.4) is 0 Å². The maximum Gasteiger partial charge on any atom is 0.0947 e. The maximum absolute atomic E-state index is 6.57. The lowest BCUT2D eigenvalue weighted by molar-refractivity contribution is 0.321. The average molecular weight is 403 g/mol. The van der Waals surface area contributed by atoms with Gasteiger partial charge in [0.25, 0.3) is 0 Å². The van der Waals surface area contributed by atoms with Gasteiger partial charge >= 0.3 is 0 Å². The van der Waals surface area contributed by atoms with Gasteiger partial charge in [0.2, 0.25) is 0 Å². The first-order valence-corrected chi connectivity index (χ1v) is 7.91. The summed E-state index contributed by atoms with van der Waals surface area (Å²) >= 11 is 6.05. The first-order chi connectivity index (χ1) is 11.0. The molecule has 3 aromatic rings. The summed E-state index contributed by atoms with van der Waals surface area (Å²) in [5.74, 6) is 0. The number of hydrogen-bond acceptors (Lipinski definition) is 4. The van der Waals surface area contributed by atoms with Crippen LogP contribution in [0.25, 0.3) is 10.9 Å². The number of nitrogens with zero attached hydrogens (tertiary/aromatic N) is 1. The van der Waals surface area contributed by atoms with Gasteiger partial charge in [-0.15, -0.1) is 24.8 Å². The molecule has 0 bridgehead atoms. The van der Waals surface area contributed by atoms with Crippen LogP contribution in [0.1, 0.15) is 31.0 Å². The zero-order valence-corrected chi connectivity index (χ0v) is 16.4. The van der Waals surface area contributed by atoms with E-state index >= 15 is 0 Å². The molecule has 3 N–H and O–H groups in total. The Morgan fingerprint density at radius 1 is 1.24 bits per heavy atom. The lowest BCUT2D eigenvalue weighted by Gasteiger charge is -2.33. The molecule has 0 radical (unpaired) electrons. The van der Waals surface area contributed by atoms with Crippen LogP contribution in [-0.2, 0) is 6.54 Å². The zero-order valence-electron chi connectivity index (χ0n) is 14.0. The van der Waals surface area contributed by atoms with Crippen molar-refractivity contribution in [2.24, 2.45) is 5.73 Å². The fourth-order valence-electron chi connectivity index (χ4n) is 2.64. The van der Waals surface area contributed by atoms with Gasteiger partial charge in [-0.1, -0.05) is 17.7 Å². The SMILES string of the molecule is CC(C)(NCc1ccoc1)C(N)c1ccnc2cc(Cl)ccc12.Cl.Cl. The summed E-state index contributed by atoms with van der Waals surface area (Å²) in [6.45, 7) is 4.89. The molecule has 4 nitrogen and oxygen atoms in total. The summed E-state index contributed by atoms with van der Waals surface area (Å²) < 4.78 is 5.10. The summed E-state index contributed by atoms with van der Waals surface area (Å²) in [7, 11) is 0. The number of furan rings is 1. The van der Waals surface area contributed by atoms with Gasteiger partial charge < -0.3 is 15.5 Å². The molecular weight excluding hydrogens is 381 g/mol. The van der Waals surface area contributed by atoms with E-state index in [9.17, 15) is 0 Å². The number of hydrogen-bond donors (Lipinski definition) is 2. The second kappa shape index (κ2) is 8.88. The number of aromatic nitrogens is 1. The van der Waals surface area contributed by atoms with Gasteiger partial charge in [-0.05, 0) is 43.7 Å². The minimum Gasteiger partial charge on any atom is -0.472 e. The summed E-state index contributed by atoms with van der Waals surface area (Å²) in [4.78, 5) is 4.38. The van der Waals surface area contributed by atoms with Crippen LogP contribution in [0.15, 0.2) is 53.5 Å². The Morgan fingerprint density at radius 3 is 2.68 bits per heavy atom. The molecule has 25 heavy (non-hydrogen) atoms. The first kappa shape index (κ1) is 21.7. The fourth-order valence-corrected chi connectivity index (χ4v) is 2.80. The number of benzene rings is 1. The molecular formula is C18H22Cl3N3O. The molecule has 136 valence electrons. The third-order valence-electron chi connectivity index (χ3n) is 4.18. The first-order valence-electron chi connectivity index (χ1n) is 7.53. The van der Waals surface area contributed by atoms with E-state index in [2.05, 4.69) is 24.1 Å². The van der Waals surface area contributed by atoms with Gasteiger partial charge in [-0.25, -0.2) is 0 Å². The summed E-state index contributed by atoms with van der Waals surface area (Å²) in [6.07, 6.45) is 5.18. The lowest BCUT2D eigenvalue weighted by atomic mass is 9.87. The van der Waals surface area contributed by atoms with Crippen molar-refractivity contribution in [3.05, 3.63) is 65.2 Å². The predicted octanol–water partition coefficient (Wildman–Crippen LogP) is 4.89. The van der Waals surface area contributed by atoms with Gasteiger partial charge in [-0.3, -0.25) is 4.98 Å². The molecule has 0 saturated carbocycles. The Labute approximate surface area is 165 Å². The van der Waals surface area contributed by atoms with Crippen LogP contribution in [0, 0.1) is 0 Å². The van der Waals surface area contributed by atoms with Crippen molar-refractivity contribution in [1.29, 1.82) is 0 Å². The van der Waals surface area contributed by atoms with E-state index in [1.165, 1.54) is 0 Å². The second-order valence-corrected chi connectivity index (χ2v) is 6.68. The Bertz CT molecular complexity index is 806. The molecule has 0 spiro atoms. The third-order valence-corrected chi connectivity index (χ3v) is 4.41. The van der Waals surface area contributed by atoms with E-state index in [-0.39, 0.29) is 36.4 Å². The highest BCUT2D eigenvalue weighted by Crippen LogP contribution is 2.30. The molecule has 0 saturated heterocycles. The minimum atomic E-state index is -0.300. The fraction of sp³-hybridized carbons (Fsp3) is 0.278. The van der Waals surface area contributed by atoms with Gasteiger partial charge in [0.1, 0.15) is 0 Å². The van der Waals surface area contributed by atoms with Crippen LogP contribution in [0.2, 0.25) is 5.02 Å². The van der Waals surface area contributed by atoms with Crippen molar-refractivity contribution in [2.45, 2.75) is 32.0 Å². The lowest BCUT2D eigenvalue weighted by Crippen LogP contribution is -2.47. The Morgan fingerprint density at radius 2 is 2.00 bits per heavy atom. The molecule has 2 heterocycles. The van der Waals surface area contributed by atoms with Crippen molar-refractivity contribution >= 4 is 47.3 Å². The van der Waals surface area contributed by atoms with Crippen LogP contribution >= 0.6 is 36.4 Å². The number of fused-ring (bicyclic) bond motifs is 1. The molecule has 1 aromatic carbocycles.